The molecule has 0 atom stereocenters. The number of thiazole rings is 1. The van der Waals surface area contributed by atoms with Crippen molar-refractivity contribution in [1.82, 2.24) is 4.98 Å². The maximum absolute atomic E-state index is 12.9. The van der Waals surface area contributed by atoms with E-state index in [1.54, 1.807) is 0 Å². The maximum atomic E-state index is 12.9. The van der Waals surface area contributed by atoms with Crippen LogP contribution in [0, 0.1) is 11.6 Å². The molecule has 1 aromatic heterocycles. The zero-order valence-electron chi connectivity index (χ0n) is 7.41. The summed E-state index contributed by atoms with van der Waals surface area (Å²) in [5.74, 6) is -1.32. The monoisotopic (exact) mass is 225 g/mol. The van der Waals surface area contributed by atoms with E-state index in [1.807, 2.05) is 0 Å². The molecular weight excluding hydrogens is 220 g/mol. The fourth-order valence-electron chi connectivity index (χ4n) is 1.15. The normalized spacial score (nSPS) is 10.3. The Morgan fingerprint density at radius 1 is 1.20 bits per heavy atom. The summed E-state index contributed by atoms with van der Waals surface area (Å²) in [6.45, 7) is 0. The van der Waals surface area contributed by atoms with Crippen LogP contribution in [0.25, 0.3) is 10.6 Å². The topological polar surface area (TPSA) is 30.0 Å². The van der Waals surface area contributed by atoms with Gasteiger partial charge < -0.3 is 0 Å². The standard InChI is InChI=1S/C10H5F2NOS/c11-7-1-6(2-8(12)3-7)10-13-9(4-14)5-15-10/h1-5H. The van der Waals surface area contributed by atoms with Gasteiger partial charge in [0.05, 0.1) is 0 Å². The van der Waals surface area contributed by atoms with E-state index in [2.05, 4.69) is 4.98 Å². The number of benzene rings is 1. The van der Waals surface area contributed by atoms with Crippen molar-refractivity contribution < 1.29 is 13.6 Å². The van der Waals surface area contributed by atoms with E-state index in [4.69, 9.17) is 0 Å². The molecule has 0 unspecified atom stereocenters. The van der Waals surface area contributed by atoms with E-state index in [9.17, 15) is 13.6 Å². The van der Waals surface area contributed by atoms with Crippen molar-refractivity contribution in [3.63, 3.8) is 0 Å². The number of rotatable bonds is 2. The number of carbonyl (C=O) groups excluding carboxylic acids is 1. The zero-order valence-corrected chi connectivity index (χ0v) is 8.22. The van der Waals surface area contributed by atoms with Crippen molar-refractivity contribution in [3.8, 4) is 10.6 Å². The SMILES string of the molecule is O=Cc1csc(-c2cc(F)cc(F)c2)n1. The average molecular weight is 225 g/mol. The fourth-order valence-corrected chi connectivity index (χ4v) is 1.90. The number of aldehydes is 1. The summed E-state index contributed by atoms with van der Waals surface area (Å²) in [7, 11) is 0. The summed E-state index contributed by atoms with van der Waals surface area (Å²) < 4.78 is 25.7. The van der Waals surface area contributed by atoms with Crippen LogP contribution in [0.1, 0.15) is 10.5 Å². The molecule has 0 aliphatic carbocycles. The van der Waals surface area contributed by atoms with Crippen LogP contribution in [0.3, 0.4) is 0 Å². The highest BCUT2D eigenvalue weighted by molar-refractivity contribution is 7.13. The van der Waals surface area contributed by atoms with Crippen molar-refractivity contribution in [2.45, 2.75) is 0 Å². The quantitative estimate of drug-likeness (QED) is 0.735. The largest absolute Gasteiger partial charge is 0.296 e. The Labute approximate surface area is 88.2 Å². The summed E-state index contributed by atoms with van der Waals surface area (Å²) in [5, 5.41) is 1.96. The molecule has 76 valence electrons. The van der Waals surface area contributed by atoms with Crippen molar-refractivity contribution in [1.29, 1.82) is 0 Å². The number of carbonyl (C=O) groups is 1. The lowest BCUT2D eigenvalue weighted by atomic mass is 10.2. The zero-order chi connectivity index (χ0) is 10.8. The third kappa shape index (κ3) is 2.07. The van der Waals surface area contributed by atoms with Gasteiger partial charge in [0.2, 0.25) is 0 Å². The molecule has 0 radical (unpaired) electrons. The predicted molar refractivity (Wildman–Crippen MR) is 52.9 cm³/mol. The van der Waals surface area contributed by atoms with Crippen LogP contribution in [0.5, 0.6) is 0 Å². The van der Waals surface area contributed by atoms with Gasteiger partial charge in [0.15, 0.2) is 6.29 Å². The third-order valence-corrected chi connectivity index (χ3v) is 2.66. The molecular formula is C10H5F2NOS. The Kier molecular flexibility index (Phi) is 2.55. The molecule has 0 aliphatic heterocycles. The van der Waals surface area contributed by atoms with Crippen LogP contribution in [0.4, 0.5) is 8.78 Å². The second-order valence-electron chi connectivity index (χ2n) is 2.85. The predicted octanol–water partition coefficient (Wildman–Crippen LogP) is 2.90. The molecule has 0 spiro atoms. The molecule has 0 bridgehead atoms. The highest BCUT2D eigenvalue weighted by Crippen LogP contribution is 2.24. The van der Waals surface area contributed by atoms with Crippen LogP contribution < -0.4 is 0 Å². The van der Waals surface area contributed by atoms with Gasteiger partial charge in [0.1, 0.15) is 22.3 Å². The summed E-state index contributed by atoms with van der Waals surface area (Å²) in [6, 6.07) is 3.14. The summed E-state index contributed by atoms with van der Waals surface area (Å²) in [4.78, 5) is 14.3. The Balaban J connectivity index is 2.48. The molecule has 0 saturated carbocycles. The van der Waals surface area contributed by atoms with Crippen molar-refractivity contribution in [2.75, 3.05) is 0 Å². The van der Waals surface area contributed by atoms with Crippen LogP contribution >= 0.6 is 11.3 Å². The lowest BCUT2D eigenvalue weighted by Crippen LogP contribution is -1.84. The summed E-state index contributed by atoms with van der Waals surface area (Å²) in [6.07, 6.45) is 0.593. The molecule has 1 heterocycles. The van der Waals surface area contributed by atoms with Gasteiger partial charge in [-0.05, 0) is 12.1 Å². The lowest BCUT2D eigenvalue weighted by Gasteiger charge is -1.96. The van der Waals surface area contributed by atoms with Crippen LogP contribution in [-0.4, -0.2) is 11.3 Å². The number of nitrogens with zero attached hydrogens (tertiary/aromatic N) is 1. The van der Waals surface area contributed by atoms with Gasteiger partial charge in [-0.15, -0.1) is 11.3 Å². The average Bonchev–Trinajstić information content (AvgIpc) is 2.64. The first kappa shape index (κ1) is 9.92. The van der Waals surface area contributed by atoms with E-state index in [1.165, 1.54) is 28.8 Å². The number of hydrogen-bond donors (Lipinski definition) is 0. The number of halogens is 2. The Morgan fingerprint density at radius 3 is 2.40 bits per heavy atom. The molecule has 1 aromatic carbocycles. The van der Waals surface area contributed by atoms with Crippen molar-refractivity contribution in [3.05, 3.63) is 40.9 Å². The van der Waals surface area contributed by atoms with Crippen LogP contribution in [-0.2, 0) is 0 Å². The smallest absolute Gasteiger partial charge is 0.169 e. The Morgan fingerprint density at radius 2 is 1.87 bits per heavy atom. The molecule has 2 rings (SSSR count). The van der Waals surface area contributed by atoms with Gasteiger partial charge in [-0.25, -0.2) is 13.8 Å². The van der Waals surface area contributed by atoms with Gasteiger partial charge in [-0.1, -0.05) is 0 Å². The minimum absolute atomic E-state index is 0.264. The fraction of sp³-hybridized carbons (Fsp3) is 0. The van der Waals surface area contributed by atoms with E-state index in [-0.39, 0.29) is 5.69 Å². The third-order valence-electron chi connectivity index (χ3n) is 1.75. The molecule has 2 nitrogen and oxygen atoms in total. The number of hydrogen-bond acceptors (Lipinski definition) is 3. The van der Waals surface area contributed by atoms with Gasteiger partial charge in [-0.2, -0.15) is 0 Å². The first-order valence-corrected chi connectivity index (χ1v) is 4.94. The second-order valence-corrected chi connectivity index (χ2v) is 3.71. The minimum atomic E-state index is -0.659. The molecule has 2 aromatic rings. The highest BCUT2D eigenvalue weighted by Gasteiger charge is 2.07. The van der Waals surface area contributed by atoms with Crippen molar-refractivity contribution >= 4 is 17.6 Å². The molecule has 0 saturated heterocycles. The van der Waals surface area contributed by atoms with E-state index < -0.39 is 11.6 Å². The first-order valence-electron chi connectivity index (χ1n) is 4.06. The molecule has 0 fully saturated rings. The van der Waals surface area contributed by atoms with Crippen LogP contribution in [0.2, 0.25) is 0 Å². The summed E-state index contributed by atoms with van der Waals surface area (Å²) in [5.41, 5.74) is 0.602. The Hall–Kier alpha value is -1.62. The van der Waals surface area contributed by atoms with Crippen molar-refractivity contribution in [2.24, 2.45) is 0 Å². The van der Waals surface area contributed by atoms with Gasteiger partial charge >= 0.3 is 0 Å². The van der Waals surface area contributed by atoms with Gasteiger partial charge in [0.25, 0.3) is 0 Å². The van der Waals surface area contributed by atoms with Gasteiger partial charge in [-0.3, -0.25) is 4.79 Å². The van der Waals surface area contributed by atoms with E-state index >= 15 is 0 Å². The van der Waals surface area contributed by atoms with E-state index in [0.717, 1.165) is 6.07 Å². The second kappa shape index (κ2) is 3.86. The maximum Gasteiger partial charge on any atom is 0.169 e. The molecule has 0 aliphatic rings. The lowest BCUT2D eigenvalue weighted by molar-refractivity contribution is 0.111. The Bertz CT molecular complexity index is 490. The number of aromatic nitrogens is 1. The highest BCUT2D eigenvalue weighted by atomic mass is 32.1. The molecule has 0 amide bonds. The van der Waals surface area contributed by atoms with E-state index in [0.29, 0.717) is 16.9 Å². The van der Waals surface area contributed by atoms with Crippen LogP contribution in [0.15, 0.2) is 23.6 Å². The molecule has 5 heteroatoms. The summed E-state index contributed by atoms with van der Waals surface area (Å²) >= 11 is 1.17. The minimum Gasteiger partial charge on any atom is -0.296 e. The molecule has 15 heavy (non-hydrogen) atoms. The molecule has 0 N–H and O–H groups in total. The van der Waals surface area contributed by atoms with Gasteiger partial charge in [0, 0.05) is 17.0 Å². The first-order chi connectivity index (χ1) is 7.19.